The Balaban J connectivity index is 1.84. The molecule has 1 aliphatic heterocycles. The number of nitrogens with one attached hydrogen (secondary N) is 1. The number of amides is 1. The van der Waals surface area contributed by atoms with E-state index in [4.69, 9.17) is 4.74 Å². The van der Waals surface area contributed by atoms with Crippen molar-refractivity contribution in [3.8, 4) is 5.75 Å². The molecule has 20 heavy (non-hydrogen) atoms. The molecule has 5 heteroatoms. The standard InChI is InChI=1S/C15H16N2O3/c18-14-13(10-11-6-2-3-7-12(11)16-14)20-15(19)17-8-4-1-5-9-17/h2-3,6-7,10H,1,4-5,8-9H2,(H,16,18). The zero-order valence-corrected chi connectivity index (χ0v) is 11.1. The molecule has 0 radical (unpaired) electrons. The van der Waals surface area contributed by atoms with Crippen LogP contribution in [0.4, 0.5) is 4.79 Å². The zero-order chi connectivity index (χ0) is 13.9. The van der Waals surface area contributed by atoms with Crippen LogP contribution in [0, 0.1) is 0 Å². The summed E-state index contributed by atoms with van der Waals surface area (Å²) in [6.45, 7) is 1.40. The number of fused-ring (bicyclic) bond motifs is 1. The van der Waals surface area contributed by atoms with E-state index in [0.717, 1.165) is 30.2 Å². The van der Waals surface area contributed by atoms with Crippen LogP contribution in [0.5, 0.6) is 5.75 Å². The van der Waals surface area contributed by atoms with Crippen molar-refractivity contribution in [3.05, 3.63) is 40.7 Å². The number of aromatic amines is 1. The van der Waals surface area contributed by atoms with E-state index in [0.29, 0.717) is 13.1 Å². The summed E-state index contributed by atoms with van der Waals surface area (Å²) in [5.74, 6) is 0.0549. The minimum Gasteiger partial charge on any atom is -0.404 e. The summed E-state index contributed by atoms with van der Waals surface area (Å²) < 4.78 is 5.24. The second-order valence-corrected chi connectivity index (χ2v) is 4.97. The molecule has 104 valence electrons. The van der Waals surface area contributed by atoms with Crippen molar-refractivity contribution in [3.63, 3.8) is 0 Å². The van der Waals surface area contributed by atoms with Crippen molar-refractivity contribution in [1.29, 1.82) is 0 Å². The lowest BCUT2D eigenvalue weighted by Crippen LogP contribution is -2.38. The fourth-order valence-corrected chi connectivity index (χ4v) is 2.44. The van der Waals surface area contributed by atoms with E-state index < -0.39 is 6.09 Å². The third-order valence-corrected chi connectivity index (χ3v) is 3.53. The fraction of sp³-hybridized carbons (Fsp3) is 0.333. The first-order valence-electron chi connectivity index (χ1n) is 6.83. The van der Waals surface area contributed by atoms with E-state index in [1.807, 2.05) is 24.3 Å². The van der Waals surface area contributed by atoms with Gasteiger partial charge in [0.2, 0.25) is 0 Å². The molecule has 1 aliphatic rings. The molecule has 0 unspecified atom stereocenters. The molecule has 2 heterocycles. The van der Waals surface area contributed by atoms with E-state index in [2.05, 4.69) is 4.98 Å². The lowest BCUT2D eigenvalue weighted by molar-refractivity contribution is 0.142. The van der Waals surface area contributed by atoms with E-state index >= 15 is 0 Å². The van der Waals surface area contributed by atoms with Gasteiger partial charge in [-0.2, -0.15) is 0 Å². The Kier molecular flexibility index (Phi) is 3.41. The Bertz CT molecular complexity index is 687. The van der Waals surface area contributed by atoms with Gasteiger partial charge in [0.1, 0.15) is 0 Å². The molecule has 1 aromatic carbocycles. The molecule has 0 saturated carbocycles. The van der Waals surface area contributed by atoms with Gasteiger partial charge in [-0.05, 0) is 31.4 Å². The smallest absolute Gasteiger partial charge is 0.404 e. The largest absolute Gasteiger partial charge is 0.415 e. The van der Waals surface area contributed by atoms with Crippen molar-refractivity contribution < 1.29 is 9.53 Å². The Labute approximate surface area is 116 Å². The summed E-state index contributed by atoms with van der Waals surface area (Å²) in [4.78, 5) is 28.3. The molecule has 1 N–H and O–H groups in total. The van der Waals surface area contributed by atoms with Crippen LogP contribution < -0.4 is 10.3 Å². The first-order valence-corrected chi connectivity index (χ1v) is 6.83. The highest BCUT2D eigenvalue weighted by Gasteiger charge is 2.19. The first kappa shape index (κ1) is 12.7. The number of carbonyl (C=O) groups is 1. The maximum Gasteiger partial charge on any atom is 0.415 e. The van der Waals surface area contributed by atoms with Gasteiger partial charge in [-0.1, -0.05) is 18.2 Å². The number of pyridine rings is 1. The highest BCUT2D eigenvalue weighted by atomic mass is 16.6. The number of hydrogen-bond acceptors (Lipinski definition) is 3. The van der Waals surface area contributed by atoms with Crippen LogP contribution >= 0.6 is 0 Å². The fourth-order valence-electron chi connectivity index (χ4n) is 2.44. The monoisotopic (exact) mass is 272 g/mol. The van der Waals surface area contributed by atoms with Crippen LogP contribution in [0.25, 0.3) is 10.9 Å². The van der Waals surface area contributed by atoms with Gasteiger partial charge in [0.25, 0.3) is 5.56 Å². The van der Waals surface area contributed by atoms with Gasteiger partial charge in [-0.3, -0.25) is 4.79 Å². The van der Waals surface area contributed by atoms with E-state index in [-0.39, 0.29) is 11.3 Å². The van der Waals surface area contributed by atoms with Gasteiger partial charge in [0.05, 0.1) is 0 Å². The van der Waals surface area contributed by atoms with Crippen molar-refractivity contribution in [1.82, 2.24) is 9.88 Å². The molecule has 2 aromatic rings. The van der Waals surface area contributed by atoms with Gasteiger partial charge in [-0.15, -0.1) is 0 Å². The van der Waals surface area contributed by atoms with E-state index in [1.54, 1.807) is 11.0 Å². The number of likely N-dealkylation sites (tertiary alicyclic amines) is 1. The Morgan fingerprint density at radius 3 is 2.70 bits per heavy atom. The molecule has 1 saturated heterocycles. The Morgan fingerprint density at radius 1 is 1.15 bits per heavy atom. The summed E-state index contributed by atoms with van der Waals surface area (Å²) in [7, 11) is 0. The van der Waals surface area contributed by atoms with E-state index in [1.165, 1.54) is 0 Å². The highest BCUT2D eigenvalue weighted by Crippen LogP contribution is 2.16. The van der Waals surface area contributed by atoms with Gasteiger partial charge in [0, 0.05) is 24.0 Å². The van der Waals surface area contributed by atoms with Gasteiger partial charge in [0.15, 0.2) is 5.75 Å². The number of piperidine rings is 1. The lowest BCUT2D eigenvalue weighted by Gasteiger charge is -2.25. The average Bonchev–Trinajstić information content (AvgIpc) is 2.49. The number of H-pyrrole nitrogens is 1. The molecule has 0 aliphatic carbocycles. The SMILES string of the molecule is O=C(Oc1cc2ccccc2[nH]c1=O)N1CCCCC1. The Morgan fingerprint density at radius 2 is 1.90 bits per heavy atom. The summed E-state index contributed by atoms with van der Waals surface area (Å²) in [5, 5.41) is 0.841. The first-order chi connectivity index (χ1) is 9.74. The summed E-state index contributed by atoms with van der Waals surface area (Å²) in [6.07, 6.45) is 2.68. The van der Waals surface area contributed by atoms with Crippen LogP contribution in [0.2, 0.25) is 0 Å². The van der Waals surface area contributed by atoms with Crippen LogP contribution in [-0.4, -0.2) is 29.1 Å². The summed E-state index contributed by atoms with van der Waals surface area (Å²) in [5.41, 5.74) is 0.351. The minimum absolute atomic E-state index is 0.0549. The zero-order valence-electron chi connectivity index (χ0n) is 11.1. The van der Waals surface area contributed by atoms with Crippen LogP contribution in [-0.2, 0) is 0 Å². The second-order valence-electron chi connectivity index (χ2n) is 4.97. The molecule has 5 nitrogen and oxygen atoms in total. The van der Waals surface area contributed by atoms with Crippen LogP contribution in [0.15, 0.2) is 35.1 Å². The van der Waals surface area contributed by atoms with Crippen molar-refractivity contribution in [2.75, 3.05) is 13.1 Å². The second kappa shape index (κ2) is 5.36. The molecule has 1 aromatic heterocycles. The van der Waals surface area contributed by atoms with Gasteiger partial charge >= 0.3 is 6.09 Å². The average molecular weight is 272 g/mol. The minimum atomic E-state index is -0.439. The highest BCUT2D eigenvalue weighted by molar-refractivity contribution is 5.80. The van der Waals surface area contributed by atoms with Crippen LogP contribution in [0.3, 0.4) is 0 Å². The van der Waals surface area contributed by atoms with Gasteiger partial charge in [-0.25, -0.2) is 4.79 Å². The third-order valence-electron chi connectivity index (χ3n) is 3.53. The number of para-hydroxylation sites is 1. The maximum atomic E-state index is 12.0. The van der Waals surface area contributed by atoms with Crippen molar-refractivity contribution in [2.45, 2.75) is 19.3 Å². The number of ether oxygens (including phenoxy) is 1. The summed E-state index contributed by atoms with van der Waals surface area (Å²) >= 11 is 0. The third kappa shape index (κ3) is 2.52. The topological polar surface area (TPSA) is 62.4 Å². The molecule has 1 amide bonds. The van der Waals surface area contributed by atoms with Crippen molar-refractivity contribution in [2.24, 2.45) is 0 Å². The molecule has 1 fully saturated rings. The predicted molar refractivity (Wildman–Crippen MR) is 76.0 cm³/mol. The number of nitrogens with zero attached hydrogens (tertiary/aromatic N) is 1. The van der Waals surface area contributed by atoms with Gasteiger partial charge < -0.3 is 14.6 Å². The number of carbonyl (C=O) groups excluding carboxylic acids is 1. The summed E-state index contributed by atoms with van der Waals surface area (Å²) in [6, 6.07) is 9.00. The lowest BCUT2D eigenvalue weighted by atomic mass is 10.1. The molecular formula is C15H16N2O3. The molecular weight excluding hydrogens is 256 g/mol. The number of benzene rings is 1. The van der Waals surface area contributed by atoms with Crippen LogP contribution in [0.1, 0.15) is 19.3 Å². The normalized spacial score (nSPS) is 15.3. The molecule has 0 atom stereocenters. The molecule has 3 rings (SSSR count). The predicted octanol–water partition coefficient (Wildman–Crippen LogP) is 2.51. The number of hydrogen-bond donors (Lipinski definition) is 1. The van der Waals surface area contributed by atoms with Crippen molar-refractivity contribution >= 4 is 17.0 Å². The molecule has 0 spiro atoms. The molecule has 0 bridgehead atoms. The Hall–Kier alpha value is -2.30. The number of aromatic nitrogens is 1. The maximum absolute atomic E-state index is 12.0. The quantitative estimate of drug-likeness (QED) is 0.867. The van der Waals surface area contributed by atoms with E-state index in [9.17, 15) is 9.59 Å². The number of rotatable bonds is 1.